The average Bonchev–Trinajstić information content (AvgIpc) is 2.63. The molecule has 0 atom stereocenters. The summed E-state index contributed by atoms with van der Waals surface area (Å²) in [6.45, 7) is 0. The van der Waals surface area contributed by atoms with Crippen LogP contribution in [0.5, 0.6) is 0 Å². The summed E-state index contributed by atoms with van der Waals surface area (Å²) in [4.78, 5) is 12.5. The second-order valence-electron chi connectivity index (χ2n) is 5.47. The molecule has 6 heteroatoms. The number of carbonyl (C=O) groups is 1. The summed E-state index contributed by atoms with van der Waals surface area (Å²) in [5.41, 5.74) is 1.65. The van der Waals surface area contributed by atoms with Gasteiger partial charge in [-0.15, -0.1) is 0 Å². The van der Waals surface area contributed by atoms with Gasteiger partial charge in [-0.3, -0.25) is 4.79 Å². The van der Waals surface area contributed by atoms with Crippen LogP contribution in [0.3, 0.4) is 0 Å². The minimum Gasteiger partial charge on any atom is -0.321 e. The lowest BCUT2D eigenvalue weighted by atomic mass is 10.0. The van der Waals surface area contributed by atoms with Gasteiger partial charge >= 0.3 is 0 Å². The number of nitriles is 1. The third-order valence-electron chi connectivity index (χ3n) is 3.71. The topological polar surface area (TPSA) is 52.9 Å². The SMILES string of the molecule is N#Cc1ccc(NC(=O)c2cccc(-c3ccc(F)cc3F)c2)c(Cl)c1. The van der Waals surface area contributed by atoms with Gasteiger partial charge in [-0.25, -0.2) is 8.78 Å². The van der Waals surface area contributed by atoms with Crippen LogP contribution in [0.2, 0.25) is 5.02 Å². The van der Waals surface area contributed by atoms with Gasteiger partial charge in [-0.2, -0.15) is 5.26 Å². The number of nitrogens with one attached hydrogen (secondary N) is 1. The summed E-state index contributed by atoms with van der Waals surface area (Å²) >= 11 is 6.05. The van der Waals surface area contributed by atoms with Crippen LogP contribution in [0, 0.1) is 23.0 Å². The fourth-order valence-corrected chi connectivity index (χ4v) is 2.66. The van der Waals surface area contributed by atoms with E-state index in [9.17, 15) is 13.6 Å². The quantitative estimate of drug-likeness (QED) is 0.672. The summed E-state index contributed by atoms with van der Waals surface area (Å²) in [5.74, 6) is -1.82. The van der Waals surface area contributed by atoms with Crippen molar-refractivity contribution in [2.75, 3.05) is 5.32 Å². The Hall–Kier alpha value is -3.23. The van der Waals surface area contributed by atoms with Gasteiger partial charge in [-0.05, 0) is 48.0 Å². The molecule has 0 saturated carbocycles. The Morgan fingerprint density at radius 3 is 2.54 bits per heavy atom. The van der Waals surface area contributed by atoms with Crippen LogP contribution in [0.25, 0.3) is 11.1 Å². The molecule has 0 aliphatic carbocycles. The van der Waals surface area contributed by atoms with E-state index in [4.69, 9.17) is 16.9 Å². The second-order valence-corrected chi connectivity index (χ2v) is 5.87. The van der Waals surface area contributed by atoms with Crippen molar-refractivity contribution < 1.29 is 13.6 Å². The van der Waals surface area contributed by atoms with Gasteiger partial charge in [0, 0.05) is 17.2 Å². The Bertz CT molecular complexity index is 1040. The first kappa shape index (κ1) is 17.6. The third-order valence-corrected chi connectivity index (χ3v) is 4.03. The summed E-state index contributed by atoms with van der Waals surface area (Å²) in [7, 11) is 0. The van der Waals surface area contributed by atoms with Gasteiger partial charge < -0.3 is 5.32 Å². The Morgan fingerprint density at radius 2 is 1.85 bits per heavy atom. The van der Waals surface area contributed by atoms with Crippen LogP contribution >= 0.6 is 11.6 Å². The lowest BCUT2D eigenvalue weighted by molar-refractivity contribution is 0.102. The van der Waals surface area contributed by atoms with Gasteiger partial charge in [0.05, 0.1) is 22.3 Å². The monoisotopic (exact) mass is 368 g/mol. The number of rotatable bonds is 3. The fraction of sp³-hybridized carbons (Fsp3) is 0. The zero-order valence-electron chi connectivity index (χ0n) is 13.3. The van der Waals surface area contributed by atoms with Crippen LogP contribution in [-0.4, -0.2) is 5.91 Å². The molecule has 0 bridgehead atoms. The number of halogens is 3. The molecule has 1 N–H and O–H groups in total. The van der Waals surface area contributed by atoms with E-state index in [-0.39, 0.29) is 16.1 Å². The summed E-state index contributed by atoms with van der Waals surface area (Å²) in [5, 5.41) is 11.7. The van der Waals surface area contributed by atoms with Crippen molar-refractivity contribution in [2.24, 2.45) is 0 Å². The van der Waals surface area contributed by atoms with Crippen molar-refractivity contribution in [3.8, 4) is 17.2 Å². The molecule has 0 fully saturated rings. The van der Waals surface area contributed by atoms with E-state index in [1.165, 1.54) is 30.3 Å². The van der Waals surface area contributed by atoms with E-state index in [1.807, 2.05) is 6.07 Å². The Balaban J connectivity index is 1.88. The van der Waals surface area contributed by atoms with E-state index in [0.717, 1.165) is 12.1 Å². The molecule has 0 spiro atoms. The highest BCUT2D eigenvalue weighted by Gasteiger charge is 2.12. The van der Waals surface area contributed by atoms with Crippen LogP contribution in [0.15, 0.2) is 60.7 Å². The van der Waals surface area contributed by atoms with Crippen molar-refractivity contribution in [3.05, 3.63) is 88.4 Å². The molecule has 3 rings (SSSR count). The standard InChI is InChI=1S/C20H11ClF2N2O/c21-17-8-12(11-24)4-7-19(17)25-20(26)14-3-1-2-13(9-14)16-6-5-15(22)10-18(16)23/h1-10H,(H,25,26). The Kier molecular flexibility index (Phi) is 4.97. The molecule has 0 saturated heterocycles. The number of benzene rings is 3. The van der Waals surface area contributed by atoms with Crippen molar-refractivity contribution in [3.63, 3.8) is 0 Å². The van der Waals surface area contributed by atoms with E-state index >= 15 is 0 Å². The number of hydrogen-bond donors (Lipinski definition) is 1. The molecule has 26 heavy (non-hydrogen) atoms. The number of carbonyl (C=O) groups excluding carboxylic acids is 1. The van der Waals surface area contributed by atoms with Crippen molar-refractivity contribution in [2.45, 2.75) is 0 Å². The second kappa shape index (κ2) is 7.34. The van der Waals surface area contributed by atoms with Gasteiger partial charge in [0.2, 0.25) is 0 Å². The van der Waals surface area contributed by atoms with Crippen LogP contribution in [0.1, 0.15) is 15.9 Å². The molecule has 0 heterocycles. The van der Waals surface area contributed by atoms with Crippen LogP contribution in [0.4, 0.5) is 14.5 Å². The maximum atomic E-state index is 14.0. The molecular formula is C20H11ClF2N2O. The third kappa shape index (κ3) is 3.71. The summed E-state index contributed by atoms with van der Waals surface area (Å²) < 4.78 is 27.0. The van der Waals surface area contributed by atoms with Crippen molar-refractivity contribution in [1.82, 2.24) is 0 Å². The predicted octanol–water partition coefficient (Wildman–Crippen LogP) is 5.41. The van der Waals surface area contributed by atoms with E-state index in [1.54, 1.807) is 18.2 Å². The van der Waals surface area contributed by atoms with Gasteiger partial charge in [-0.1, -0.05) is 23.7 Å². The number of hydrogen-bond acceptors (Lipinski definition) is 2. The lowest BCUT2D eigenvalue weighted by Crippen LogP contribution is -2.12. The smallest absolute Gasteiger partial charge is 0.255 e. The molecule has 128 valence electrons. The zero-order valence-corrected chi connectivity index (χ0v) is 14.0. The zero-order chi connectivity index (χ0) is 18.7. The molecule has 0 unspecified atom stereocenters. The van der Waals surface area contributed by atoms with E-state index in [2.05, 4.69) is 5.32 Å². The molecule has 0 aliphatic heterocycles. The number of anilines is 1. The molecule has 0 aliphatic rings. The first-order valence-corrected chi connectivity index (χ1v) is 7.92. The fourth-order valence-electron chi connectivity index (χ4n) is 2.43. The van der Waals surface area contributed by atoms with E-state index < -0.39 is 17.5 Å². The predicted molar refractivity (Wildman–Crippen MR) is 95.9 cm³/mol. The molecule has 3 aromatic carbocycles. The summed E-state index contributed by atoms with van der Waals surface area (Å²) in [6, 6.07) is 16.0. The molecule has 3 aromatic rings. The highest BCUT2D eigenvalue weighted by Crippen LogP contribution is 2.26. The minimum atomic E-state index is -0.710. The first-order chi connectivity index (χ1) is 12.5. The van der Waals surface area contributed by atoms with Gasteiger partial charge in [0.25, 0.3) is 5.91 Å². The molecule has 0 aromatic heterocycles. The largest absolute Gasteiger partial charge is 0.321 e. The van der Waals surface area contributed by atoms with Gasteiger partial charge in [0.1, 0.15) is 11.6 Å². The maximum absolute atomic E-state index is 14.0. The summed E-state index contributed by atoms with van der Waals surface area (Å²) in [6.07, 6.45) is 0. The van der Waals surface area contributed by atoms with E-state index in [0.29, 0.717) is 16.8 Å². The molecule has 0 radical (unpaired) electrons. The van der Waals surface area contributed by atoms with Gasteiger partial charge in [0.15, 0.2) is 0 Å². The minimum absolute atomic E-state index is 0.192. The Morgan fingerprint density at radius 1 is 1.04 bits per heavy atom. The van der Waals surface area contributed by atoms with Crippen LogP contribution < -0.4 is 5.32 Å². The highest BCUT2D eigenvalue weighted by atomic mass is 35.5. The first-order valence-electron chi connectivity index (χ1n) is 7.54. The number of nitrogens with zero attached hydrogens (tertiary/aromatic N) is 1. The maximum Gasteiger partial charge on any atom is 0.255 e. The number of amides is 1. The molecular weight excluding hydrogens is 358 g/mol. The lowest BCUT2D eigenvalue weighted by Gasteiger charge is -2.09. The van der Waals surface area contributed by atoms with Crippen molar-refractivity contribution in [1.29, 1.82) is 5.26 Å². The molecule has 1 amide bonds. The van der Waals surface area contributed by atoms with Crippen molar-refractivity contribution >= 4 is 23.2 Å². The Labute approximate surface area is 153 Å². The van der Waals surface area contributed by atoms with Crippen LogP contribution in [-0.2, 0) is 0 Å². The average molecular weight is 369 g/mol. The normalized spacial score (nSPS) is 10.2. The highest BCUT2D eigenvalue weighted by molar-refractivity contribution is 6.34. The molecule has 3 nitrogen and oxygen atoms in total.